The molecule has 2 heterocycles. The minimum Gasteiger partial charge on any atom is -0.481 e. The monoisotopic (exact) mass is 377 g/mol. The van der Waals surface area contributed by atoms with E-state index < -0.39 is 11.9 Å². The van der Waals surface area contributed by atoms with Gasteiger partial charge in [0.2, 0.25) is 0 Å². The Balaban J connectivity index is 0. The van der Waals surface area contributed by atoms with Gasteiger partial charge in [-0.05, 0) is 31.1 Å². The molecule has 2 rings (SSSR count). The van der Waals surface area contributed by atoms with E-state index in [4.69, 9.17) is 12.2 Å². The minimum absolute atomic E-state index is 0.417. The maximum atomic E-state index is 11.2. The molecular formula is C22H35NO2S. The number of rotatable bonds is 5. The lowest BCUT2D eigenvalue weighted by Crippen LogP contribution is -2.09. The van der Waals surface area contributed by atoms with E-state index in [2.05, 4.69) is 6.58 Å². The van der Waals surface area contributed by atoms with Crippen LogP contribution in [-0.4, -0.2) is 20.5 Å². The van der Waals surface area contributed by atoms with Crippen molar-refractivity contribution in [1.82, 2.24) is 4.57 Å². The SMILES string of the molecule is C=C/C=C(\C=C/C)C(=S)c1ccc2n1CCC2C(=O)O.CC.CC.CC. The number of aromatic nitrogens is 1. The molecule has 26 heavy (non-hydrogen) atoms. The lowest BCUT2D eigenvalue weighted by atomic mass is 10.1. The van der Waals surface area contributed by atoms with Crippen molar-refractivity contribution in [3.8, 4) is 0 Å². The predicted molar refractivity (Wildman–Crippen MR) is 118 cm³/mol. The average molecular weight is 378 g/mol. The topological polar surface area (TPSA) is 42.2 Å². The van der Waals surface area contributed by atoms with Crippen molar-refractivity contribution in [3.05, 3.63) is 60.0 Å². The lowest BCUT2D eigenvalue weighted by molar-refractivity contribution is -0.138. The van der Waals surface area contributed by atoms with E-state index in [9.17, 15) is 9.90 Å². The summed E-state index contributed by atoms with van der Waals surface area (Å²) in [4.78, 5) is 11.9. The van der Waals surface area contributed by atoms with Crippen LogP contribution in [0.25, 0.3) is 0 Å². The first kappa shape index (κ1) is 26.3. The summed E-state index contributed by atoms with van der Waals surface area (Å²) in [6.45, 7) is 18.3. The molecule has 4 heteroatoms. The molecule has 1 unspecified atom stereocenters. The number of thiocarbonyl (C=S) groups is 1. The molecule has 0 saturated carbocycles. The smallest absolute Gasteiger partial charge is 0.312 e. The summed E-state index contributed by atoms with van der Waals surface area (Å²) >= 11 is 5.54. The molecule has 0 aromatic carbocycles. The molecule has 146 valence electrons. The highest BCUT2D eigenvalue weighted by atomic mass is 32.1. The number of carboxylic acid groups (broad SMARTS) is 1. The Morgan fingerprint density at radius 1 is 1.23 bits per heavy atom. The molecule has 0 spiro atoms. The van der Waals surface area contributed by atoms with Gasteiger partial charge in [0, 0.05) is 12.2 Å². The number of carboxylic acids is 1. The van der Waals surface area contributed by atoms with Crippen LogP contribution in [0, 0.1) is 0 Å². The Bertz CT molecular complexity index is 624. The van der Waals surface area contributed by atoms with Gasteiger partial charge in [-0.3, -0.25) is 4.79 Å². The van der Waals surface area contributed by atoms with Crippen LogP contribution in [-0.2, 0) is 11.3 Å². The highest BCUT2D eigenvalue weighted by Crippen LogP contribution is 2.31. The molecule has 0 amide bonds. The Morgan fingerprint density at radius 3 is 2.27 bits per heavy atom. The van der Waals surface area contributed by atoms with E-state index in [1.807, 2.05) is 83.4 Å². The zero-order valence-electron chi connectivity index (χ0n) is 17.4. The normalized spacial score (nSPS) is 14.7. The van der Waals surface area contributed by atoms with Gasteiger partial charge in [0.1, 0.15) is 0 Å². The van der Waals surface area contributed by atoms with Crippen LogP contribution < -0.4 is 0 Å². The van der Waals surface area contributed by atoms with Crippen molar-refractivity contribution < 1.29 is 9.90 Å². The number of fused-ring (bicyclic) bond motifs is 1. The number of hydrogen-bond donors (Lipinski definition) is 1. The predicted octanol–water partition coefficient (Wildman–Crippen LogP) is 6.55. The van der Waals surface area contributed by atoms with Crippen molar-refractivity contribution in [3.63, 3.8) is 0 Å². The van der Waals surface area contributed by atoms with Crippen molar-refractivity contribution in [2.75, 3.05) is 0 Å². The summed E-state index contributed by atoms with van der Waals surface area (Å²) in [5.74, 6) is -1.19. The van der Waals surface area contributed by atoms with E-state index in [1.165, 1.54) is 0 Å². The van der Waals surface area contributed by atoms with Gasteiger partial charge in [-0.2, -0.15) is 0 Å². The van der Waals surface area contributed by atoms with Crippen LogP contribution >= 0.6 is 12.2 Å². The van der Waals surface area contributed by atoms with Crippen LogP contribution in [0.15, 0.2) is 48.6 Å². The van der Waals surface area contributed by atoms with Gasteiger partial charge >= 0.3 is 5.97 Å². The van der Waals surface area contributed by atoms with E-state index in [0.717, 1.165) is 21.8 Å². The van der Waals surface area contributed by atoms with Crippen molar-refractivity contribution in [1.29, 1.82) is 0 Å². The fourth-order valence-electron chi connectivity index (χ4n) is 2.55. The van der Waals surface area contributed by atoms with E-state index >= 15 is 0 Å². The molecule has 3 nitrogen and oxygen atoms in total. The Labute approximate surface area is 165 Å². The van der Waals surface area contributed by atoms with Gasteiger partial charge in [0.15, 0.2) is 0 Å². The van der Waals surface area contributed by atoms with Crippen molar-refractivity contribution >= 4 is 23.1 Å². The number of nitrogens with zero attached hydrogens (tertiary/aromatic N) is 1. The second-order valence-corrected chi connectivity index (χ2v) is 5.07. The Kier molecular flexibility index (Phi) is 15.5. The number of carbonyl (C=O) groups is 1. The zero-order valence-corrected chi connectivity index (χ0v) is 18.2. The van der Waals surface area contributed by atoms with E-state index in [0.29, 0.717) is 13.0 Å². The third-order valence-electron chi connectivity index (χ3n) is 3.45. The number of allylic oxidation sites excluding steroid dienone is 5. The van der Waals surface area contributed by atoms with E-state index in [-0.39, 0.29) is 0 Å². The maximum absolute atomic E-state index is 11.2. The van der Waals surface area contributed by atoms with Gasteiger partial charge in [0.05, 0.1) is 16.5 Å². The molecule has 0 bridgehead atoms. The second kappa shape index (κ2) is 15.3. The molecule has 0 saturated heterocycles. The number of aliphatic carboxylic acids is 1. The highest BCUT2D eigenvalue weighted by Gasteiger charge is 2.30. The summed E-state index contributed by atoms with van der Waals surface area (Å²) in [5, 5.41) is 9.20. The summed E-state index contributed by atoms with van der Waals surface area (Å²) in [7, 11) is 0. The molecule has 0 fully saturated rings. The first-order valence-electron chi connectivity index (χ1n) is 9.52. The van der Waals surface area contributed by atoms with Crippen LogP contribution in [0.4, 0.5) is 0 Å². The Hall–Kier alpha value is -1.94. The molecule has 1 atom stereocenters. The van der Waals surface area contributed by atoms with Gasteiger partial charge in [-0.15, -0.1) is 0 Å². The molecular weight excluding hydrogens is 342 g/mol. The summed E-state index contributed by atoms with van der Waals surface area (Å²) in [6.07, 6.45) is 8.07. The molecule has 1 aromatic heterocycles. The first-order valence-corrected chi connectivity index (χ1v) is 9.93. The van der Waals surface area contributed by atoms with Gasteiger partial charge in [-0.25, -0.2) is 0 Å². The Morgan fingerprint density at radius 2 is 1.81 bits per heavy atom. The quantitative estimate of drug-likeness (QED) is 0.274. The molecule has 0 radical (unpaired) electrons. The standard InChI is InChI=1S/C16H17NO2S.3C2H6/c1-3-5-11(6-4-2)15(20)14-8-7-13-12(16(18)19)9-10-17(13)14;3*1-2/h3-8,12H,1,9-10H2,2H3,(H,18,19);3*1-2H3/b6-4-,11-5+;;;. The molecule has 1 aromatic rings. The maximum Gasteiger partial charge on any atom is 0.312 e. The van der Waals surface area contributed by atoms with E-state index in [1.54, 1.807) is 6.08 Å². The molecule has 1 aliphatic heterocycles. The summed E-state index contributed by atoms with van der Waals surface area (Å²) < 4.78 is 2.02. The number of hydrogen-bond acceptors (Lipinski definition) is 2. The van der Waals surface area contributed by atoms with Crippen LogP contribution in [0.1, 0.15) is 72.2 Å². The lowest BCUT2D eigenvalue weighted by Gasteiger charge is -2.08. The van der Waals surface area contributed by atoms with Crippen LogP contribution in [0.3, 0.4) is 0 Å². The average Bonchev–Trinajstić information content (AvgIpc) is 3.28. The first-order chi connectivity index (χ1) is 12.6. The fraction of sp³-hybridized carbons (Fsp3) is 0.455. The van der Waals surface area contributed by atoms with Crippen molar-refractivity contribution in [2.45, 2.75) is 67.3 Å². The zero-order chi connectivity index (χ0) is 20.7. The molecule has 1 aliphatic rings. The summed E-state index contributed by atoms with van der Waals surface area (Å²) in [5.41, 5.74) is 2.66. The summed E-state index contributed by atoms with van der Waals surface area (Å²) in [6, 6.07) is 3.78. The third-order valence-corrected chi connectivity index (χ3v) is 3.89. The third kappa shape index (κ3) is 6.75. The van der Waals surface area contributed by atoms with Gasteiger partial charge in [-0.1, -0.05) is 84.6 Å². The second-order valence-electron chi connectivity index (χ2n) is 4.66. The van der Waals surface area contributed by atoms with Crippen LogP contribution in [0.5, 0.6) is 0 Å². The van der Waals surface area contributed by atoms with Gasteiger partial charge in [0.25, 0.3) is 0 Å². The fourth-order valence-corrected chi connectivity index (χ4v) is 2.87. The highest BCUT2D eigenvalue weighted by molar-refractivity contribution is 7.81. The molecule has 0 aliphatic carbocycles. The minimum atomic E-state index is -0.769. The van der Waals surface area contributed by atoms with Gasteiger partial charge < -0.3 is 9.67 Å². The molecule has 1 N–H and O–H groups in total. The van der Waals surface area contributed by atoms with Crippen LogP contribution in [0.2, 0.25) is 0 Å². The largest absolute Gasteiger partial charge is 0.481 e. The van der Waals surface area contributed by atoms with Crippen molar-refractivity contribution in [2.24, 2.45) is 0 Å².